The lowest BCUT2D eigenvalue weighted by Crippen LogP contribution is -2.32. The van der Waals surface area contributed by atoms with Gasteiger partial charge in [-0.05, 0) is 18.4 Å². The van der Waals surface area contributed by atoms with Gasteiger partial charge in [0.05, 0.1) is 12.4 Å². The molecule has 6 nitrogen and oxygen atoms in total. The Balaban J connectivity index is 1.93. The highest BCUT2D eigenvalue weighted by Crippen LogP contribution is 2.27. The molecule has 0 saturated heterocycles. The van der Waals surface area contributed by atoms with Gasteiger partial charge >= 0.3 is 6.09 Å². The van der Waals surface area contributed by atoms with Crippen LogP contribution >= 0.6 is 23.1 Å². The summed E-state index contributed by atoms with van der Waals surface area (Å²) in [7, 11) is 0. The molecule has 0 aliphatic carbocycles. The normalized spacial score (nSPS) is 10.4. The number of nitrogens with one attached hydrogen (secondary N) is 1. The Kier molecular flexibility index (Phi) is 4.69. The summed E-state index contributed by atoms with van der Waals surface area (Å²) in [6.45, 7) is 1.90. The van der Waals surface area contributed by atoms with Crippen molar-refractivity contribution in [1.29, 1.82) is 0 Å². The molecule has 0 radical (unpaired) electrons. The van der Waals surface area contributed by atoms with Gasteiger partial charge in [-0.25, -0.2) is 14.8 Å². The van der Waals surface area contributed by atoms with E-state index in [1.54, 1.807) is 6.92 Å². The van der Waals surface area contributed by atoms with Crippen molar-refractivity contribution >= 4 is 45.3 Å². The van der Waals surface area contributed by atoms with Crippen molar-refractivity contribution < 1.29 is 14.3 Å². The van der Waals surface area contributed by atoms with Crippen LogP contribution in [0.3, 0.4) is 0 Å². The van der Waals surface area contributed by atoms with Crippen LogP contribution in [0.5, 0.6) is 0 Å². The minimum absolute atomic E-state index is 0.0980. The first kappa shape index (κ1) is 13.8. The Morgan fingerprint density at radius 2 is 2.32 bits per heavy atom. The van der Waals surface area contributed by atoms with Gasteiger partial charge in [0.15, 0.2) is 0 Å². The third-order valence-electron chi connectivity index (χ3n) is 2.08. The largest absolute Gasteiger partial charge is 0.450 e. The molecular formula is C11H11N3O3S2. The second-order valence-corrected chi connectivity index (χ2v) is 5.23. The predicted molar refractivity (Wildman–Crippen MR) is 73.3 cm³/mol. The Hall–Kier alpha value is -1.67. The lowest BCUT2D eigenvalue weighted by Gasteiger charge is -2.04. The molecule has 0 bridgehead atoms. The number of thioether (sulfide) groups is 1. The number of hydrogen-bond acceptors (Lipinski definition) is 7. The first-order valence-corrected chi connectivity index (χ1v) is 7.35. The highest BCUT2D eigenvalue weighted by atomic mass is 32.2. The van der Waals surface area contributed by atoms with Gasteiger partial charge in [0.25, 0.3) is 0 Å². The standard InChI is InChI=1S/C11H11N3O3S2/c1-2-17-11(16)14-8(15)5-19-10-7-3-4-18-9(7)12-6-13-10/h3-4,6H,2,5H2,1H3,(H,14,15,16). The molecule has 0 fully saturated rings. The van der Waals surface area contributed by atoms with Crippen molar-refractivity contribution in [1.82, 2.24) is 15.3 Å². The zero-order valence-corrected chi connectivity index (χ0v) is 11.7. The van der Waals surface area contributed by atoms with E-state index in [0.29, 0.717) is 0 Å². The minimum atomic E-state index is -0.725. The number of fused-ring (bicyclic) bond motifs is 1. The molecule has 2 amide bonds. The fourth-order valence-electron chi connectivity index (χ4n) is 1.33. The van der Waals surface area contributed by atoms with Gasteiger partial charge in [-0.3, -0.25) is 10.1 Å². The maximum absolute atomic E-state index is 11.5. The average Bonchev–Trinajstić information content (AvgIpc) is 2.85. The molecule has 0 unspecified atom stereocenters. The van der Waals surface area contributed by atoms with Gasteiger partial charge in [-0.1, -0.05) is 11.8 Å². The number of thiophene rings is 1. The van der Waals surface area contributed by atoms with Gasteiger partial charge in [-0.15, -0.1) is 11.3 Å². The van der Waals surface area contributed by atoms with E-state index in [2.05, 4.69) is 20.0 Å². The van der Waals surface area contributed by atoms with Crippen LogP contribution in [0.2, 0.25) is 0 Å². The quantitative estimate of drug-likeness (QED) is 0.687. The van der Waals surface area contributed by atoms with E-state index in [0.717, 1.165) is 15.2 Å². The Morgan fingerprint density at radius 1 is 1.47 bits per heavy atom. The fraction of sp³-hybridized carbons (Fsp3) is 0.273. The summed E-state index contributed by atoms with van der Waals surface area (Å²) in [5.41, 5.74) is 0. The van der Waals surface area contributed by atoms with E-state index < -0.39 is 12.0 Å². The molecule has 0 aliphatic heterocycles. The van der Waals surface area contributed by atoms with Crippen molar-refractivity contribution in [3.8, 4) is 0 Å². The fourth-order valence-corrected chi connectivity index (χ4v) is 2.91. The number of aromatic nitrogens is 2. The van der Waals surface area contributed by atoms with Crippen molar-refractivity contribution in [2.75, 3.05) is 12.4 Å². The van der Waals surface area contributed by atoms with Gasteiger partial charge in [0.1, 0.15) is 16.2 Å². The van der Waals surface area contributed by atoms with Crippen LogP contribution in [0.1, 0.15) is 6.92 Å². The number of alkyl carbamates (subject to hydrolysis) is 1. The first-order chi connectivity index (χ1) is 9.20. The van der Waals surface area contributed by atoms with Crippen LogP contribution in [-0.2, 0) is 9.53 Å². The van der Waals surface area contributed by atoms with Crippen molar-refractivity contribution in [2.45, 2.75) is 11.9 Å². The van der Waals surface area contributed by atoms with Crippen LogP contribution in [0.4, 0.5) is 4.79 Å². The predicted octanol–water partition coefficient (Wildman–Crippen LogP) is 2.06. The highest BCUT2D eigenvalue weighted by molar-refractivity contribution is 8.00. The van der Waals surface area contributed by atoms with Crippen LogP contribution < -0.4 is 5.32 Å². The van der Waals surface area contributed by atoms with Gasteiger partial charge in [0.2, 0.25) is 5.91 Å². The molecule has 2 aromatic rings. The Labute approximate surface area is 117 Å². The number of rotatable bonds is 4. The Morgan fingerprint density at radius 3 is 3.11 bits per heavy atom. The topological polar surface area (TPSA) is 81.2 Å². The van der Waals surface area contributed by atoms with E-state index >= 15 is 0 Å². The van der Waals surface area contributed by atoms with Gasteiger partial charge < -0.3 is 4.74 Å². The second kappa shape index (κ2) is 6.48. The van der Waals surface area contributed by atoms with Crippen molar-refractivity contribution in [2.24, 2.45) is 0 Å². The number of carbonyl (C=O) groups excluding carboxylic acids is 2. The van der Waals surface area contributed by atoms with E-state index in [9.17, 15) is 9.59 Å². The molecular weight excluding hydrogens is 286 g/mol. The molecule has 8 heteroatoms. The van der Waals surface area contributed by atoms with E-state index in [1.165, 1.54) is 29.4 Å². The van der Waals surface area contributed by atoms with Crippen LogP contribution in [0.25, 0.3) is 10.2 Å². The van der Waals surface area contributed by atoms with Crippen molar-refractivity contribution in [3.05, 3.63) is 17.8 Å². The summed E-state index contributed by atoms with van der Waals surface area (Å²) in [5, 5.41) is 5.70. The first-order valence-electron chi connectivity index (χ1n) is 5.48. The molecule has 0 aliphatic rings. The average molecular weight is 297 g/mol. The molecule has 0 aromatic carbocycles. The van der Waals surface area contributed by atoms with Crippen LogP contribution in [0, 0.1) is 0 Å². The van der Waals surface area contributed by atoms with E-state index in [4.69, 9.17) is 0 Å². The third-order valence-corrected chi connectivity index (χ3v) is 3.91. The maximum atomic E-state index is 11.5. The highest BCUT2D eigenvalue weighted by Gasteiger charge is 2.11. The Bertz CT molecular complexity index is 600. The second-order valence-electron chi connectivity index (χ2n) is 3.38. The summed E-state index contributed by atoms with van der Waals surface area (Å²) in [6, 6.07) is 1.91. The number of hydrogen-bond donors (Lipinski definition) is 1. The lowest BCUT2D eigenvalue weighted by molar-refractivity contribution is -0.117. The molecule has 19 heavy (non-hydrogen) atoms. The molecule has 2 rings (SSSR count). The summed E-state index contributed by atoms with van der Waals surface area (Å²) in [4.78, 5) is 31.7. The summed E-state index contributed by atoms with van der Waals surface area (Å²) in [6.07, 6.45) is 0.737. The van der Waals surface area contributed by atoms with E-state index in [1.807, 2.05) is 11.4 Å². The van der Waals surface area contributed by atoms with E-state index in [-0.39, 0.29) is 12.4 Å². The van der Waals surface area contributed by atoms with Crippen LogP contribution in [-0.4, -0.2) is 34.3 Å². The molecule has 0 spiro atoms. The van der Waals surface area contributed by atoms with Crippen LogP contribution in [0.15, 0.2) is 22.8 Å². The summed E-state index contributed by atoms with van der Waals surface area (Å²) < 4.78 is 4.62. The monoisotopic (exact) mass is 297 g/mol. The molecule has 0 atom stereocenters. The smallest absolute Gasteiger partial charge is 0.413 e. The number of imide groups is 1. The number of amides is 2. The number of nitrogens with zero attached hydrogens (tertiary/aromatic N) is 2. The molecule has 0 saturated carbocycles. The van der Waals surface area contributed by atoms with Gasteiger partial charge in [0, 0.05) is 5.39 Å². The number of ether oxygens (including phenoxy) is 1. The number of carbonyl (C=O) groups is 2. The van der Waals surface area contributed by atoms with Gasteiger partial charge in [-0.2, -0.15) is 0 Å². The maximum Gasteiger partial charge on any atom is 0.413 e. The molecule has 2 aromatic heterocycles. The zero-order valence-electron chi connectivity index (χ0n) is 10.1. The third kappa shape index (κ3) is 3.65. The zero-order chi connectivity index (χ0) is 13.7. The molecule has 1 N–H and O–H groups in total. The van der Waals surface area contributed by atoms with Crippen molar-refractivity contribution in [3.63, 3.8) is 0 Å². The summed E-state index contributed by atoms with van der Waals surface area (Å²) in [5.74, 6) is -0.314. The molecule has 100 valence electrons. The summed E-state index contributed by atoms with van der Waals surface area (Å²) >= 11 is 2.77. The minimum Gasteiger partial charge on any atom is -0.450 e. The lowest BCUT2D eigenvalue weighted by atomic mass is 10.4. The molecule has 2 heterocycles. The SMILES string of the molecule is CCOC(=O)NC(=O)CSc1ncnc2sccc12.